The Morgan fingerprint density at radius 2 is 2.09 bits per heavy atom. The zero-order valence-corrected chi connectivity index (χ0v) is 13.0. The van der Waals surface area contributed by atoms with Crippen molar-refractivity contribution in [3.05, 3.63) is 58.4 Å². The molecule has 3 rings (SSSR count). The highest BCUT2D eigenvalue weighted by atomic mass is 32.2. The number of hydrogen-bond acceptors (Lipinski definition) is 5. The fourth-order valence-electron chi connectivity index (χ4n) is 2.55. The Labute approximate surface area is 136 Å². The van der Waals surface area contributed by atoms with Gasteiger partial charge in [0.2, 0.25) is 5.91 Å². The number of phenolic OH excluding ortho intramolecular Hbond substituents is 1. The number of amides is 1. The third-order valence-corrected chi connectivity index (χ3v) is 4.43. The molecule has 0 fully saturated rings. The summed E-state index contributed by atoms with van der Waals surface area (Å²) in [7, 11) is 0. The van der Waals surface area contributed by atoms with Crippen LogP contribution in [-0.4, -0.2) is 26.7 Å². The summed E-state index contributed by atoms with van der Waals surface area (Å²) in [5.41, 5.74) is 0.968. The Kier molecular flexibility index (Phi) is 4.20. The molecule has 1 aliphatic rings. The van der Waals surface area contributed by atoms with Crippen LogP contribution in [0.3, 0.4) is 0 Å². The van der Waals surface area contributed by atoms with Gasteiger partial charge in [-0.2, -0.15) is 0 Å². The van der Waals surface area contributed by atoms with Crippen LogP contribution in [-0.2, 0) is 4.79 Å². The number of carbonyl (C=O) groups excluding carboxylic acids is 1. The Balaban J connectivity index is 2.06. The fourth-order valence-corrected chi connectivity index (χ4v) is 3.14. The molecule has 0 spiro atoms. The van der Waals surface area contributed by atoms with E-state index in [1.807, 2.05) is 0 Å². The van der Waals surface area contributed by atoms with Gasteiger partial charge in [-0.05, 0) is 17.7 Å². The normalized spacial score (nSPS) is 16.5. The molecule has 1 amide bonds. The smallest absolute Gasteiger partial charge is 0.257 e. The van der Waals surface area contributed by atoms with Gasteiger partial charge in [0.15, 0.2) is 5.16 Å². The molecule has 7 heteroatoms. The number of carbonyl (C=O) groups is 1. The largest absolute Gasteiger partial charge is 0.508 e. The molecule has 0 saturated heterocycles. The van der Waals surface area contributed by atoms with Crippen molar-refractivity contribution in [1.82, 2.24) is 9.97 Å². The number of fused-ring (bicyclic) bond motifs is 1. The number of phenols is 1. The number of thioether (sulfide) groups is 1. The van der Waals surface area contributed by atoms with Crippen molar-refractivity contribution in [2.45, 2.75) is 17.5 Å². The van der Waals surface area contributed by atoms with E-state index in [1.165, 1.54) is 23.9 Å². The lowest BCUT2D eigenvalue weighted by Gasteiger charge is -2.24. The van der Waals surface area contributed by atoms with Gasteiger partial charge < -0.3 is 15.4 Å². The van der Waals surface area contributed by atoms with Gasteiger partial charge in [0.25, 0.3) is 5.56 Å². The third-order valence-electron chi connectivity index (χ3n) is 3.56. The molecule has 3 N–H and O–H groups in total. The molecule has 23 heavy (non-hydrogen) atoms. The molecule has 0 aliphatic carbocycles. The Hall–Kier alpha value is -2.54. The summed E-state index contributed by atoms with van der Waals surface area (Å²) in [6.45, 7) is 3.63. The number of hydrogen-bond donors (Lipinski definition) is 3. The van der Waals surface area contributed by atoms with Crippen molar-refractivity contribution in [3.8, 4) is 5.75 Å². The average Bonchev–Trinajstić information content (AvgIpc) is 2.52. The summed E-state index contributed by atoms with van der Waals surface area (Å²) in [4.78, 5) is 31.5. The van der Waals surface area contributed by atoms with Gasteiger partial charge in [-0.3, -0.25) is 9.59 Å². The standard InChI is InChI=1S/C16H15N3O3S/c1-2-7-23-16-18-14-13(15(22)19-16)11(8-12(21)17-14)9-3-5-10(20)6-4-9/h2-6,11,20H,1,7-8H2,(H2,17,18,19,21,22)/t11-/m0/s1. The number of aromatic amines is 1. The van der Waals surface area contributed by atoms with Crippen molar-refractivity contribution in [3.63, 3.8) is 0 Å². The molecule has 0 radical (unpaired) electrons. The van der Waals surface area contributed by atoms with Crippen LogP contribution in [0.5, 0.6) is 5.75 Å². The first kappa shape index (κ1) is 15.4. The van der Waals surface area contributed by atoms with Gasteiger partial charge in [-0.15, -0.1) is 6.58 Å². The summed E-state index contributed by atoms with van der Waals surface area (Å²) in [5, 5.41) is 12.5. The van der Waals surface area contributed by atoms with Crippen LogP contribution < -0.4 is 10.9 Å². The van der Waals surface area contributed by atoms with Crippen molar-refractivity contribution in [2.75, 3.05) is 11.1 Å². The van der Waals surface area contributed by atoms with Gasteiger partial charge in [-0.1, -0.05) is 30.0 Å². The zero-order chi connectivity index (χ0) is 16.4. The summed E-state index contributed by atoms with van der Waals surface area (Å²) in [6.07, 6.45) is 1.88. The molecule has 1 aromatic heterocycles. The van der Waals surface area contributed by atoms with Crippen LogP contribution in [0.25, 0.3) is 0 Å². The Morgan fingerprint density at radius 3 is 2.78 bits per heavy atom. The molecule has 2 heterocycles. The van der Waals surface area contributed by atoms with Gasteiger partial charge in [0.05, 0.1) is 5.56 Å². The number of nitrogens with zero attached hydrogens (tertiary/aromatic N) is 1. The van der Waals surface area contributed by atoms with Crippen LogP contribution in [0.15, 0.2) is 46.9 Å². The number of anilines is 1. The average molecular weight is 329 g/mol. The summed E-state index contributed by atoms with van der Waals surface area (Å²) < 4.78 is 0. The lowest BCUT2D eigenvalue weighted by atomic mass is 9.87. The van der Waals surface area contributed by atoms with E-state index >= 15 is 0 Å². The molecule has 118 valence electrons. The number of benzene rings is 1. The topological polar surface area (TPSA) is 95.1 Å². The minimum atomic E-state index is -0.381. The first-order valence-corrected chi connectivity index (χ1v) is 8.03. The summed E-state index contributed by atoms with van der Waals surface area (Å²) in [5.74, 6) is 0.478. The Bertz CT molecular complexity index is 814. The van der Waals surface area contributed by atoms with E-state index in [0.717, 1.165) is 5.56 Å². The molecule has 1 atom stereocenters. The number of aromatic nitrogens is 2. The minimum absolute atomic E-state index is 0.137. The fraction of sp³-hybridized carbons (Fsp3) is 0.188. The minimum Gasteiger partial charge on any atom is -0.508 e. The molecule has 6 nitrogen and oxygen atoms in total. The second-order valence-electron chi connectivity index (χ2n) is 5.13. The maximum Gasteiger partial charge on any atom is 0.257 e. The van der Waals surface area contributed by atoms with Crippen LogP contribution in [0, 0.1) is 0 Å². The highest BCUT2D eigenvalue weighted by Gasteiger charge is 2.30. The number of nitrogens with one attached hydrogen (secondary N) is 2. The molecule has 1 aromatic carbocycles. The van der Waals surface area contributed by atoms with Crippen molar-refractivity contribution >= 4 is 23.5 Å². The molecule has 1 aliphatic heterocycles. The lowest BCUT2D eigenvalue weighted by molar-refractivity contribution is -0.116. The van der Waals surface area contributed by atoms with Crippen LogP contribution >= 0.6 is 11.8 Å². The molecule has 2 aromatic rings. The number of rotatable bonds is 4. The SMILES string of the molecule is C=CCSc1nc2c(c(=O)[nH]1)[C@H](c1ccc(O)cc1)CC(=O)N2. The van der Waals surface area contributed by atoms with Gasteiger partial charge in [-0.25, -0.2) is 4.98 Å². The first-order valence-electron chi connectivity index (χ1n) is 7.05. The predicted molar refractivity (Wildman–Crippen MR) is 89.0 cm³/mol. The molecular weight excluding hydrogens is 314 g/mol. The number of H-pyrrole nitrogens is 1. The monoisotopic (exact) mass is 329 g/mol. The van der Waals surface area contributed by atoms with E-state index in [9.17, 15) is 14.7 Å². The quantitative estimate of drug-likeness (QED) is 0.454. The van der Waals surface area contributed by atoms with Gasteiger partial charge in [0.1, 0.15) is 11.6 Å². The zero-order valence-electron chi connectivity index (χ0n) is 12.2. The molecule has 0 saturated carbocycles. The van der Waals surface area contributed by atoms with E-state index in [4.69, 9.17) is 0 Å². The molecule has 0 bridgehead atoms. The highest BCUT2D eigenvalue weighted by Crippen LogP contribution is 2.34. The van der Waals surface area contributed by atoms with E-state index < -0.39 is 0 Å². The maximum absolute atomic E-state index is 12.5. The maximum atomic E-state index is 12.5. The summed E-state index contributed by atoms with van der Waals surface area (Å²) in [6, 6.07) is 6.50. The van der Waals surface area contributed by atoms with Crippen molar-refractivity contribution in [1.29, 1.82) is 0 Å². The third kappa shape index (κ3) is 3.14. The second kappa shape index (κ2) is 6.29. The van der Waals surface area contributed by atoms with Crippen LogP contribution in [0.4, 0.5) is 5.82 Å². The van der Waals surface area contributed by atoms with Crippen LogP contribution in [0.1, 0.15) is 23.5 Å². The molecule has 0 unspecified atom stereocenters. The van der Waals surface area contributed by atoms with Gasteiger partial charge >= 0.3 is 0 Å². The first-order chi connectivity index (χ1) is 11.1. The predicted octanol–water partition coefficient (Wildman–Crippen LogP) is 2.23. The van der Waals surface area contributed by atoms with E-state index in [2.05, 4.69) is 21.9 Å². The second-order valence-corrected chi connectivity index (χ2v) is 6.14. The Morgan fingerprint density at radius 1 is 1.35 bits per heavy atom. The summed E-state index contributed by atoms with van der Waals surface area (Å²) >= 11 is 1.34. The van der Waals surface area contributed by atoms with E-state index in [-0.39, 0.29) is 29.6 Å². The van der Waals surface area contributed by atoms with Gasteiger partial charge in [0, 0.05) is 18.1 Å². The van der Waals surface area contributed by atoms with Crippen molar-refractivity contribution in [2.24, 2.45) is 0 Å². The number of aromatic hydroxyl groups is 1. The van der Waals surface area contributed by atoms with E-state index in [1.54, 1.807) is 18.2 Å². The van der Waals surface area contributed by atoms with Crippen LogP contribution in [0.2, 0.25) is 0 Å². The molecular formula is C16H15N3O3S. The lowest BCUT2D eigenvalue weighted by Crippen LogP contribution is -2.31. The highest BCUT2D eigenvalue weighted by molar-refractivity contribution is 7.99. The van der Waals surface area contributed by atoms with Crippen molar-refractivity contribution < 1.29 is 9.90 Å². The van der Waals surface area contributed by atoms with E-state index in [0.29, 0.717) is 22.3 Å².